The Hall–Kier alpha value is -0.0900. The lowest BCUT2D eigenvalue weighted by Gasteiger charge is -2.28. The van der Waals surface area contributed by atoms with Gasteiger partial charge in [-0.2, -0.15) is 0 Å². The van der Waals surface area contributed by atoms with Crippen LogP contribution < -0.4 is 0 Å². The molecule has 0 aliphatic carbocycles. The summed E-state index contributed by atoms with van der Waals surface area (Å²) in [7, 11) is -2.33. The Morgan fingerprint density at radius 1 is 1.46 bits per heavy atom. The zero-order chi connectivity index (χ0) is 9.68. The molecule has 0 amide bonds. The molecule has 0 aromatic heterocycles. The van der Waals surface area contributed by atoms with Crippen molar-refractivity contribution in [1.29, 1.82) is 0 Å². The molecule has 0 spiro atoms. The lowest BCUT2D eigenvalue weighted by Crippen LogP contribution is -2.34. The van der Waals surface area contributed by atoms with Gasteiger partial charge in [-0.1, -0.05) is 19.8 Å². The number of unbranched alkanes of at least 4 members (excludes halogenated alkanes) is 1. The van der Waals surface area contributed by atoms with E-state index in [0.29, 0.717) is 5.92 Å². The van der Waals surface area contributed by atoms with Crippen molar-refractivity contribution < 1.29 is 8.42 Å². The van der Waals surface area contributed by atoms with Crippen LogP contribution in [-0.4, -0.2) is 25.8 Å². The average Bonchev–Trinajstić information content (AvgIpc) is 2.15. The molecule has 4 heteroatoms. The maximum atomic E-state index is 10.7. The van der Waals surface area contributed by atoms with Gasteiger partial charge >= 0.3 is 0 Å². The van der Waals surface area contributed by atoms with Gasteiger partial charge in [-0.25, -0.2) is 12.7 Å². The monoisotopic (exact) mass is 205 g/mol. The van der Waals surface area contributed by atoms with Crippen LogP contribution in [0.5, 0.6) is 0 Å². The molecule has 0 saturated carbocycles. The molecule has 1 aliphatic rings. The molecule has 3 nitrogen and oxygen atoms in total. The molecule has 0 radical (unpaired) electrons. The van der Waals surface area contributed by atoms with Crippen molar-refractivity contribution >= 4 is 10.9 Å². The highest BCUT2D eigenvalue weighted by Gasteiger charge is 2.20. The molecule has 1 fully saturated rings. The summed E-state index contributed by atoms with van der Waals surface area (Å²) < 4.78 is 23.1. The average molecular weight is 205 g/mol. The Balaban J connectivity index is 2.33. The van der Waals surface area contributed by atoms with E-state index in [1.54, 1.807) is 4.31 Å². The van der Waals surface area contributed by atoms with E-state index in [4.69, 9.17) is 0 Å². The summed E-state index contributed by atoms with van der Waals surface area (Å²) in [6, 6.07) is 0. The van der Waals surface area contributed by atoms with Crippen molar-refractivity contribution in [2.75, 3.05) is 13.1 Å². The molecule has 1 saturated heterocycles. The fourth-order valence-electron chi connectivity index (χ4n) is 1.92. The number of piperidine rings is 1. The molecule has 78 valence electrons. The van der Waals surface area contributed by atoms with E-state index in [-0.39, 0.29) is 0 Å². The van der Waals surface area contributed by atoms with Crippen LogP contribution in [0.15, 0.2) is 0 Å². The van der Waals surface area contributed by atoms with Crippen molar-refractivity contribution in [1.82, 2.24) is 4.31 Å². The van der Waals surface area contributed by atoms with E-state index in [9.17, 15) is 8.42 Å². The fraction of sp³-hybridized carbons (Fsp3) is 1.00. The summed E-state index contributed by atoms with van der Waals surface area (Å²) in [5, 5.41) is 0. The first-order chi connectivity index (χ1) is 6.24. The van der Waals surface area contributed by atoms with Crippen molar-refractivity contribution in [2.24, 2.45) is 5.92 Å². The van der Waals surface area contributed by atoms with Crippen LogP contribution >= 0.6 is 0 Å². The number of hydrogen-bond donors (Lipinski definition) is 1. The van der Waals surface area contributed by atoms with Gasteiger partial charge in [-0.15, -0.1) is 0 Å². The Morgan fingerprint density at radius 2 is 2.23 bits per heavy atom. The van der Waals surface area contributed by atoms with E-state index < -0.39 is 10.9 Å². The van der Waals surface area contributed by atoms with Gasteiger partial charge in [0.2, 0.25) is 10.9 Å². The van der Waals surface area contributed by atoms with Crippen LogP contribution in [0.25, 0.3) is 0 Å². The largest absolute Gasteiger partial charge is 0.215 e. The molecule has 0 N–H and O–H groups in total. The lowest BCUT2D eigenvalue weighted by molar-refractivity contribution is 0.257. The molecule has 1 unspecified atom stereocenters. The third kappa shape index (κ3) is 3.65. The molecule has 1 rings (SSSR count). The quantitative estimate of drug-likeness (QED) is 0.705. The standard InChI is InChI=1S/C9H19NO2S/c1-2-3-5-9-6-4-7-10(8-9)13(11)12/h9,13H,2-8H2,1H3. The Kier molecular flexibility index (Phi) is 4.73. The zero-order valence-electron chi connectivity index (χ0n) is 8.24. The Bertz CT molecular complexity index is 208. The Morgan fingerprint density at radius 3 is 2.85 bits per heavy atom. The van der Waals surface area contributed by atoms with Crippen LogP contribution in [0.3, 0.4) is 0 Å². The third-order valence-corrected chi connectivity index (χ3v) is 3.52. The van der Waals surface area contributed by atoms with Gasteiger partial charge in [0.25, 0.3) is 0 Å². The number of hydrogen-bond acceptors (Lipinski definition) is 2. The van der Waals surface area contributed by atoms with E-state index >= 15 is 0 Å². The van der Waals surface area contributed by atoms with Crippen LogP contribution in [0, 0.1) is 5.92 Å². The number of thiol groups is 1. The fourth-order valence-corrected chi connectivity index (χ4v) is 2.59. The van der Waals surface area contributed by atoms with E-state index in [0.717, 1.165) is 19.5 Å². The normalized spacial score (nSPS) is 25.2. The summed E-state index contributed by atoms with van der Waals surface area (Å²) in [4.78, 5) is 0. The van der Waals surface area contributed by atoms with Gasteiger partial charge in [-0.05, 0) is 25.2 Å². The molecule has 1 atom stereocenters. The molecule has 0 aromatic rings. The summed E-state index contributed by atoms with van der Waals surface area (Å²) in [6.07, 6.45) is 5.88. The highest BCUT2D eigenvalue weighted by atomic mass is 32.2. The van der Waals surface area contributed by atoms with Crippen molar-refractivity contribution in [3.63, 3.8) is 0 Å². The maximum absolute atomic E-state index is 10.7. The van der Waals surface area contributed by atoms with Crippen LogP contribution in [-0.2, 0) is 10.9 Å². The zero-order valence-corrected chi connectivity index (χ0v) is 9.13. The minimum absolute atomic E-state index is 0.613. The van der Waals surface area contributed by atoms with Gasteiger partial charge < -0.3 is 0 Å². The van der Waals surface area contributed by atoms with Gasteiger partial charge in [0.15, 0.2) is 0 Å². The molecule has 13 heavy (non-hydrogen) atoms. The minimum Gasteiger partial charge on any atom is -0.215 e. The van der Waals surface area contributed by atoms with Gasteiger partial charge in [0.05, 0.1) is 0 Å². The van der Waals surface area contributed by atoms with E-state index in [2.05, 4.69) is 6.92 Å². The SMILES string of the molecule is CCCCC1CCCN([SH](=O)=O)C1. The maximum Gasteiger partial charge on any atom is 0.203 e. The first-order valence-corrected chi connectivity index (χ1v) is 6.26. The molecule has 1 heterocycles. The van der Waals surface area contributed by atoms with Crippen LogP contribution in [0.4, 0.5) is 0 Å². The van der Waals surface area contributed by atoms with Crippen molar-refractivity contribution in [3.05, 3.63) is 0 Å². The minimum atomic E-state index is -2.33. The van der Waals surface area contributed by atoms with Crippen LogP contribution in [0.1, 0.15) is 39.0 Å². The number of nitrogens with zero attached hydrogens (tertiary/aromatic N) is 1. The van der Waals surface area contributed by atoms with Gasteiger partial charge in [0.1, 0.15) is 0 Å². The van der Waals surface area contributed by atoms with Crippen LogP contribution in [0.2, 0.25) is 0 Å². The molecule has 0 aromatic carbocycles. The summed E-state index contributed by atoms with van der Waals surface area (Å²) in [5.41, 5.74) is 0. The second-order valence-electron chi connectivity index (χ2n) is 3.80. The smallest absolute Gasteiger partial charge is 0.203 e. The summed E-state index contributed by atoms with van der Waals surface area (Å²) >= 11 is 0. The van der Waals surface area contributed by atoms with Gasteiger partial charge in [-0.3, -0.25) is 0 Å². The van der Waals surface area contributed by atoms with E-state index in [1.165, 1.54) is 25.7 Å². The Labute approximate surface area is 82.2 Å². The summed E-state index contributed by atoms with van der Waals surface area (Å²) in [6.45, 7) is 3.68. The predicted octanol–water partition coefficient (Wildman–Crippen LogP) is 1.42. The van der Waals surface area contributed by atoms with Gasteiger partial charge in [0, 0.05) is 13.1 Å². The molecule has 0 bridgehead atoms. The molecule has 1 aliphatic heterocycles. The second-order valence-corrected chi connectivity index (χ2v) is 4.84. The highest BCUT2D eigenvalue weighted by Crippen LogP contribution is 2.21. The predicted molar refractivity (Wildman–Crippen MR) is 54.1 cm³/mol. The highest BCUT2D eigenvalue weighted by molar-refractivity contribution is 7.69. The molecular weight excluding hydrogens is 186 g/mol. The first kappa shape index (κ1) is 11.0. The van der Waals surface area contributed by atoms with E-state index in [1.807, 2.05) is 0 Å². The first-order valence-electron chi connectivity index (χ1n) is 5.13. The second kappa shape index (κ2) is 5.60. The third-order valence-electron chi connectivity index (χ3n) is 2.69. The number of rotatable bonds is 4. The summed E-state index contributed by atoms with van der Waals surface area (Å²) in [5.74, 6) is 0.613. The topological polar surface area (TPSA) is 37.4 Å². The van der Waals surface area contributed by atoms with Crippen molar-refractivity contribution in [2.45, 2.75) is 39.0 Å². The van der Waals surface area contributed by atoms with Crippen molar-refractivity contribution in [3.8, 4) is 0 Å². The lowest BCUT2D eigenvalue weighted by atomic mass is 9.94. The molecular formula is C9H19NO2S.